The zero-order chi connectivity index (χ0) is 32.7. The quantitative estimate of drug-likeness (QED) is 0.0503. The van der Waals surface area contributed by atoms with Crippen LogP contribution in [0, 0.1) is 0 Å². The third kappa shape index (κ3) is 8.68. The van der Waals surface area contributed by atoms with Gasteiger partial charge in [-0.05, 0) is 25.9 Å². The van der Waals surface area contributed by atoms with E-state index in [2.05, 4.69) is 10.6 Å². The van der Waals surface area contributed by atoms with Crippen molar-refractivity contribution in [2.75, 3.05) is 39.3 Å². The molecule has 1 saturated carbocycles. The Bertz CT molecular complexity index is 885. The first-order valence-corrected chi connectivity index (χ1v) is 14.6. The molecule has 0 aromatic rings. The zero-order valence-corrected chi connectivity index (χ0v) is 24.3. The summed E-state index contributed by atoms with van der Waals surface area (Å²) in [6, 6.07) is -5.67. The molecule has 258 valence electrons. The van der Waals surface area contributed by atoms with Gasteiger partial charge in [-0.25, -0.2) is 9.86 Å². The molecule has 2 aliphatic heterocycles. The normalized spacial score (nSPS) is 43.0. The molecular formula is C24H50N8O12. The van der Waals surface area contributed by atoms with Crippen molar-refractivity contribution in [3.63, 3.8) is 0 Å². The highest BCUT2D eigenvalue weighted by molar-refractivity contribution is 5.73. The number of ether oxygens (including phenoxy) is 4. The summed E-state index contributed by atoms with van der Waals surface area (Å²) in [5, 5.41) is 78.9. The van der Waals surface area contributed by atoms with Crippen LogP contribution in [-0.2, 0) is 18.9 Å². The number of aliphatic hydroxyl groups excluding tert-OH is 6. The Kier molecular flexibility index (Phi) is 14.3. The maximum atomic E-state index is 12.6. The first-order chi connectivity index (χ1) is 20.9. The zero-order valence-electron chi connectivity index (χ0n) is 24.3. The lowest BCUT2D eigenvalue weighted by Crippen LogP contribution is -2.70. The van der Waals surface area contributed by atoms with Crippen molar-refractivity contribution < 1.29 is 59.6 Å². The van der Waals surface area contributed by atoms with E-state index in [-0.39, 0.29) is 26.1 Å². The maximum absolute atomic E-state index is 12.6. The molecular weight excluding hydrogens is 592 g/mol. The Morgan fingerprint density at radius 1 is 0.841 bits per heavy atom. The Labute approximate surface area is 254 Å². The van der Waals surface area contributed by atoms with Crippen molar-refractivity contribution in [2.24, 2.45) is 28.7 Å². The summed E-state index contributed by atoms with van der Waals surface area (Å²) in [5.41, 5.74) is 29.3. The molecule has 3 fully saturated rings. The molecule has 0 bridgehead atoms. The summed E-state index contributed by atoms with van der Waals surface area (Å²) in [6.45, 7) is 0.160. The standard InChI is InChI=1S/C24H50N8O12/c25-2-1-4-30-7-11-16(35)17(36)14(29)22(41-11)43-20-9(27)6-10(31-24(39)32(40)5-3-26)21(19(20)38)44-23-18(37)13(28)15(34)12(8-33)42-23/h9-23,30,33-38,40H,1-8,25-29H2,(H,31,39)/t9-,10+,11+,12+,13-,14+,15+,16+,17+,18+,19-,20?,21-,22+,23+/m0/s1. The molecule has 2 amide bonds. The maximum Gasteiger partial charge on any atom is 0.341 e. The lowest BCUT2D eigenvalue weighted by molar-refractivity contribution is -0.319. The SMILES string of the molecule is NCCCNC[C@H]1O[C@H](OC2[C@@H](N)C[C@@H](NC(=O)N(O)CCN)[C@H](O[C@H]3O[C@H](CO)[C@@H](O)[C@H](N)[C@H]3O)[C@H]2O)[C@H](N)[C@@H](O)[C@@H]1O. The number of nitrogens with one attached hydrogen (secondary N) is 2. The number of amides is 2. The molecule has 3 rings (SSSR count). The van der Waals surface area contributed by atoms with Crippen LogP contribution in [0.25, 0.3) is 0 Å². The van der Waals surface area contributed by atoms with Crippen LogP contribution in [-0.4, -0.2) is 178 Å². The minimum atomic E-state index is -1.68. The minimum Gasteiger partial charge on any atom is -0.394 e. The molecule has 3 aliphatic rings. The van der Waals surface area contributed by atoms with Gasteiger partial charge in [-0.1, -0.05) is 0 Å². The van der Waals surface area contributed by atoms with Gasteiger partial charge < -0.3 is 88.9 Å². The van der Waals surface area contributed by atoms with E-state index in [1.165, 1.54) is 0 Å². The monoisotopic (exact) mass is 642 g/mol. The van der Waals surface area contributed by atoms with Crippen molar-refractivity contribution in [3.05, 3.63) is 0 Å². The van der Waals surface area contributed by atoms with Crippen molar-refractivity contribution in [1.29, 1.82) is 0 Å². The smallest absolute Gasteiger partial charge is 0.341 e. The van der Waals surface area contributed by atoms with Crippen LogP contribution in [0.1, 0.15) is 12.8 Å². The summed E-state index contributed by atoms with van der Waals surface area (Å²) in [7, 11) is 0. The van der Waals surface area contributed by atoms with Crippen LogP contribution in [0.5, 0.6) is 0 Å². The number of hydrogen-bond acceptors (Lipinski definition) is 18. The second kappa shape index (κ2) is 16.9. The van der Waals surface area contributed by atoms with Gasteiger partial charge in [0.2, 0.25) is 0 Å². The molecule has 44 heavy (non-hydrogen) atoms. The van der Waals surface area contributed by atoms with Crippen molar-refractivity contribution in [2.45, 2.75) is 105 Å². The van der Waals surface area contributed by atoms with E-state index in [0.29, 0.717) is 24.6 Å². The van der Waals surface area contributed by atoms with Crippen LogP contribution in [0.15, 0.2) is 0 Å². The first kappa shape index (κ1) is 37.1. The van der Waals surface area contributed by atoms with E-state index in [1.807, 2.05) is 0 Å². The number of urea groups is 1. The van der Waals surface area contributed by atoms with E-state index in [9.17, 15) is 40.6 Å². The summed E-state index contributed by atoms with van der Waals surface area (Å²) in [4.78, 5) is 12.6. The molecule has 19 N–H and O–H groups in total. The number of carbonyl (C=O) groups excluding carboxylic acids is 1. The predicted molar refractivity (Wildman–Crippen MR) is 149 cm³/mol. The van der Waals surface area contributed by atoms with Crippen molar-refractivity contribution >= 4 is 6.03 Å². The topological polar surface area (TPSA) is 353 Å². The van der Waals surface area contributed by atoms with Crippen LogP contribution in [0.2, 0.25) is 0 Å². The fourth-order valence-electron chi connectivity index (χ4n) is 5.45. The molecule has 2 saturated heterocycles. The Hall–Kier alpha value is -1.41. The molecule has 0 aromatic carbocycles. The minimum absolute atomic E-state index is 0.0524. The molecule has 20 nitrogen and oxygen atoms in total. The van der Waals surface area contributed by atoms with Gasteiger partial charge in [0.25, 0.3) is 0 Å². The number of hydroxylamine groups is 2. The van der Waals surface area contributed by atoms with Gasteiger partial charge in [-0.15, -0.1) is 0 Å². The predicted octanol–water partition coefficient (Wildman–Crippen LogP) is -7.94. The van der Waals surface area contributed by atoms with E-state index < -0.39 is 104 Å². The number of nitrogens with two attached hydrogens (primary N) is 5. The fraction of sp³-hybridized carbons (Fsp3) is 0.958. The number of rotatable bonds is 13. The van der Waals surface area contributed by atoms with E-state index in [1.54, 1.807) is 0 Å². The summed E-state index contributed by atoms with van der Waals surface area (Å²) in [6.07, 6.45) is -14.9. The second-order valence-corrected chi connectivity index (χ2v) is 11.3. The van der Waals surface area contributed by atoms with Gasteiger partial charge in [0.15, 0.2) is 12.6 Å². The molecule has 0 spiro atoms. The second-order valence-electron chi connectivity index (χ2n) is 11.3. The molecule has 20 heteroatoms. The molecule has 1 aliphatic carbocycles. The summed E-state index contributed by atoms with van der Waals surface area (Å²) >= 11 is 0. The lowest BCUT2D eigenvalue weighted by atomic mass is 9.83. The fourth-order valence-corrected chi connectivity index (χ4v) is 5.45. The molecule has 15 atom stereocenters. The highest BCUT2D eigenvalue weighted by atomic mass is 16.7. The Morgan fingerprint density at radius 2 is 1.50 bits per heavy atom. The number of hydrogen-bond donors (Lipinski definition) is 14. The van der Waals surface area contributed by atoms with Crippen molar-refractivity contribution in [1.82, 2.24) is 15.7 Å². The third-order valence-electron chi connectivity index (χ3n) is 8.07. The van der Waals surface area contributed by atoms with Gasteiger partial charge in [0.05, 0.1) is 31.3 Å². The number of nitrogens with zero attached hydrogens (tertiary/aromatic N) is 1. The van der Waals surface area contributed by atoms with Crippen LogP contribution < -0.4 is 39.3 Å². The van der Waals surface area contributed by atoms with Gasteiger partial charge in [0.1, 0.15) is 54.9 Å². The molecule has 1 unspecified atom stereocenters. The summed E-state index contributed by atoms with van der Waals surface area (Å²) < 4.78 is 23.3. The van der Waals surface area contributed by atoms with E-state index in [4.69, 9.17) is 47.6 Å². The molecule has 0 radical (unpaired) electrons. The number of carbonyl (C=O) groups is 1. The van der Waals surface area contributed by atoms with Gasteiger partial charge in [-0.2, -0.15) is 0 Å². The lowest BCUT2D eigenvalue weighted by Gasteiger charge is -2.49. The van der Waals surface area contributed by atoms with Crippen LogP contribution in [0.3, 0.4) is 0 Å². The van der Waals surface area contributed by atoms with Crippen LogP contribution >= 0.6 is 0 Å². The highest BCUT2D eigenvalue weighted by Crippen LogP contribution is 2.31. The first-order valence-electron chi connectivity index (χ1n) is 14.6. The Balaban J connectivity index is 1.82. The third-order valence-corrected chi connectivity index (χ3v) is 8.07. The van der Waals surface area contributed by atoms with E-state index in [0.717, 1.165) is 0 Å². The molecule has 2 heterocycles. The number of aliphatic hydroxyl groups is 6. The van der Waals surface area contributed by atoms with E-state index >= 15 is 0 Å². The van der Waals surface area contributed by atoms with Crippen LogP contribution in [0.4, 0.5) is 4.79 Å². The van der Waals surface area contributed by atoms with Gasteiger partial charge in [0, 0.05) is 19.1 Å². The highest BCUT2D eigenvalue weighted by Gasteiger charge is 2.52. The van der Waals surface area contributed by atoms with Crippen molar-refractivity contribution in [3.8, 4) is 0 Å². The average Bonchev–Trinajstić information content (AvgIpc) is 2.99. The molecule has 0 aromatic heterocycles. The Morgan fingerprint density at radius 3 is 2.14 bits per heavy atom. The van der Waals surface area contributed by atoms with Gasteiger partial charge in [-0.3, -0.25) is 5.21 Å². The largest absolute Gasteiger partial charge is 0.394 e. The summed E-state index contributed by atoms with van der Waals surface area (Å²) in [5.74, 6) is 0. The van der Waals surface area contributed by atoms with Gasteiger partial charge >= 0.3 is 6.03 Å². The average molecular weight is 643 g/mol.